The molecule has 24 heavy (non-hydrogen) atoms. The molecular weight excluding hydrogens is 292 g/mol. The van der Waals surface area contributed by atoms with E-state index in [0.717, 1.165) is 0 Å². The second-order valence-electron chi connectivity index (χ2n) is 7.03. The molecule has 2 aromatic rings. The first-order valence-electron chi connectivity index (χ1n) is 9.06. The van der Waals surface area contributed by atoms with E-state index in [-0.39, 0.29) is 0 Å². The second-order valence-corrected chi connectivity index (χ2v) is 7.03. The van der Waals surface area contributed by atoms with Gasteiger partial charge in [-0.2, -0.15) is 0 Å². The van der Waals surface area contributed by atoms with Gasteiger partial charge in [-0.05, 0) is 48.6 Å². The Bertz CT molecular complexity index is 634. The highest BCUT2D eigenvalue weighted by Crippen LogP contribution is 2.44. The summed E-state index contributed by atoms with van der Waals surface area (Å²) >= 11 is 0. The number of hydrogen-bond donors (Lipinski definition) is 0. The van der Waals surface area contributed by atoms with E-state index in [1.165, 1.54) is 36.8 Å². The molecule has 5 rings (SSSR count). The molecule has 0 aliphatic heterocycles. The van der Waals surface area contributed by atoms with E-state index in [0.29, 0.717) is 23.9 Å². The maximum absolute atomic E-state index is 4.99. The predicted molar refractivity (Wildman–Crippen MR) is 101 cm³/mol. The average Bonchev–Trinajstić information content (AvgIpc) is 2.67. The fourth-order valence-electron chi connectivity index (χ4n) is 4.23. The van der Waals surface area contributed by atoms with E-state index in [2.05, 4.69) is 61.0 Å². The molecule has 3 aliphatic carbocycles. The van der Waals surface area contributed by atoms with Gasteiger partial charge >= 0.3 is 0 Å². The van der Waals surface area contributed by atoms with Gasteiger partial charge in [0.05, 0.1) is 12.1 Å². The molecule has 0 spiro atoms. The highest BCUT2D eigenvalue weighted by atomic mass is 14.9. The Morgan fingerprint density at radius 3 is 1.33 bits per heavy atom. The summed E-state index contributed by atoms with van der Waals surface area (Å²) in [5.74, 6) is 1.40. The summed E-state index contributed by atoms with van der Waals surface area (Å²) in [6.07, 6.45) is 9.38. The minimum atomic E-state index is 0.345. The van der Waals surface area contributed by atoms with Crippen molar-refractivity contribution in [3.05, 3.63) is 71.8 Å². The normalized spacial score (nSPS) is 29.5. The lowest BCUT2D eigenvalue weighted by Crippen LogP contribution is -2.46. The number of rotatable bonds is 4. The number of hydrogen-bond acceptors (Lipinski definition) is 2. The summed E-state index contributed by atoms with van der Waals surface area (Å²) in [6.45, 7) is 0. The van der Waals surface area contributed by atoms with Crippen molar-refractivity contribution in [3.63, 3.8) is 0 Å². The van der Waals surface area contributed by atoms with Crippen LogP contribution in [-0.4, -0.2) is 24.5 Å². The zero-order valence-electron chi connectivity index (χ0n) is 14.0. The van der Waals surface area contributed by atoms with Gasteiger partial charge in [0.2, 0.25) is 0 Å². The van der Waals surface area contributed by atoms with Crippen LogP contribution in [0.25, 0.3) is 0 Å². The van der Waals surface area contributed by atoms with Gasteiger partial charge in [-0.15, -0.1) is 0 Å². The van der Waals surface area contributed by atoms with Gasteiger partial charge in [-0.25, -0.2) is 0 Å². The Balaban J connectivity index is 1.55. The van der Waals surface area contributed by atoms with Crippen LogP contribution in [-0.2, 0) is 0 Å². The maximum atomic E-state index is 4.99. The van der Waals surface area contributed by atoms with Crippen LogP contribution in [0.4, 0.5) is 0 Å². The molecule has 2 aromatic carbocycles. The summed E-state index contributed by atoms with van der Waals surface area (Å²) in [4.78, 5) is 9.98. The molecule has 0 amide bonds. The lowest BCUT2D eigenvalue weighted by molar-refractivity contribution is 0.122. The summed E-state index contributed by atoms with van der Waals surface area (Å²) < 4.78 is 0. The highest BCUT2D eigenvalue weighted by molar-refractivity contribution is 5.80. The Hall–Kier alpha value is -2.22. The second kappa shape index (κ2) is 7.12. The third-order valence-corrected chi connectivity index (χ3v) is 5.52. The van der Waals surface area contributed by atoms with Gasteiger partial charge in [0, 0.05) is 12.4 Å². The Morgan fingerprint density at radius 1 is 0.583 bits per heavy atom. The van der Waals surface area contributed by atoms with Gasteiger partial charge < -0.3 is 0 Å². The summed E-state index contributed by atoms with van der Waals surface area (Å²) in [5, 5.41) is 0. The number of aliphatic imine (C=N–C) groups is 2. The van der Waals surface area contributed by atoms with Crippen LogP contribution in [0.2, 0.25) is 0 Å². The Kier molecular flexibility index (Phi) is 4.55. The first kappa shape index (κ1) is 15.3. The maximum Gasteiger partial charge on any atom is 0.0753 e. The van der Waals surface area contributed by atoms with Gasteiger partial charge in [-0.1, -0.05) is 60.7 Å². The van der Waals surface area contributed by atoms with Crippen molar-refractivity contribution in [2.75, 3.05) is 0 Å². The molecule has 0 saturated heterocycles. The van der Waals surface area contributed by atoms with Gasteiger partial charge in [0.1, 0.15) is 0 Å². The fraction of sp³-hybridized carbons (Fsp3) is 0.364. The minimum absolute atomic E-state index is 0.345. The van der Waals surface area contributed by atoms with Gasteiger partial charge in [-0.3, -0.25) is 9.98 Å². The number of fused-ring (bicyclic) bond motifs is 3. The average molecular weight is 316 g/mol. The molecule has 0 aromatic heterocycles. The topological polar surface area (TPSA) is 24.7 Å². The van der Waals surface area contributed by atoms with Crippen molar-refractivity contribution in [2.24, 2.45) is 21.8 Å². The van der Waals surface area contributed by atoms with E-state index < -0.39 is 0 Å². The van der Waals surface area contributed by atoms with Crippen LogP contribution in [0.3, 0.4) is 0 Å². The SMILES string of the molecule is C(=N[C@H]1C2CCC(CC2)[C@@H]1N=Cc1ccccc1)c1ccccc1. The molecule has 3 fully saturated rings. The predicted octanol–water partition coefficient (Wildman–Crippen LogP) is 4.78. The molecule has 2 atom stereocenters. The molecule has 0 N–H and O–H groups in total. The summed E-state index contributed by atoms with van der Waals surface area (Å²) in [5.41, 5.74) is 2.37. The van der Waals surface area contributed by atoms with Crippen LogP contribution in [0, 0.1) is 11.8 Å². The van der Waals surface area contributed by atoms with Crippen molar-refractivity contribution in [3.8, 4) is 0 Å². The minimum Gasteiger partial charge on any atom is -0.287 e. The third-order valence-electron chi connectivity index (χ3n) is 5.52. The molecular formula is C22H24N2. The van der Waals surface area contributed by atoms with Crippen molar-refractivity contribution < 1.29 is 0 Å². The van der Waals surface area contributed by atoms with Gasteiger partial charge in [0.15, 0.2) is 0 Å². The standard InChI is InChI=1S/C22H24N2/c1-3-7-17(8-4-1)15-23-21-19-11-13-20(14-12-19)22(21)24-16-18-9-5-2-6-10-18/h1-10,15-16,19-22H,11-14H2/t19?,20?,21-,22-/m0/s1. The molecule has 2 heteroatoms. The van der Waals surface area contributed by atoms with Crippen LogP contribution in [0.15, 0.2) is 70.6 Å². The van der Waals surface area contributed by atoms with Crippen molar-refractivity contribution >= 4 is 12.4 Å². The molecule has 0 heterocycles. The van der Waals surface area contributed by atoms with Crippen molar-refractivity contribution in [1.82, 2.24) is 0 Å². The van der Waals surface area contributed by atoms with Crippen LogP contribution in [0.5, 0.6) is 0 Å². The van der Waals surface area contributed by atoms with E-state index >= 15 is 0 Å². The summed E-state index contributed by atoms with van der Waals surface area (Å²) in [6, 6.07) is 21.5. The quantitative estimate of drug-likeness (QED) is 0.725. The van der Waals surface area contributed by atoms with E-state index in [9.17, 15) is 0 Å². The van der Waals surface area contributed by atoms with E-state index in [1.54, 1.807) is 0 Å². The smallest absolute Gasteiger partial charge is 0.0753 e. The zero-order valence-corrected chi connectivity index (χ0v) is 14.0. The lowest BCUT2D eigenvalue weighted by atomic mass is 9.65. The molecule has 122 valence electrons. The molecule has 3 aliphatic rings. The molecule has 0 unspecified atom stereocenters. The monoisotopic (exact) mass is 316 g/mol. The van der Waals surface area contributed by atoms with Gasteiger partial charge in [0.25, 0.3) is 0 Å². The number of benzene rings is 2. The molecule has 3 saturated carbocycles. The lowest BCUT2D eigenvalue weighted by Gasteiger charge is -2.45. The summed E-state index contributed by atoms with van der Waals surface area (Å²) in [7, 11) is 0. The third kappa shape index (κ3) is 3.33. The fourth-order valence-corrected chi connectivity index (χ4v) is 4.23. The zero-order chi connectivity index (χ0) is 16.2. The molecule has 0 radical (unpaired) electrons. The Labute approximate surface area is 144 Å². The largest absolute Gasteiger partial charge is 0.287 e. The van der Waals surface area contributed by atoms with Crippen molar-refractivity contribution in [2.45, 2.75) is 37.8 Å². The van der Waals surface area contributed by atoms with Crippen LogP contribution >= 0.6 is 0 Å². The molecule has 2 bridgehead atoms. The van der Waals surface area contributed by atoms with E-state index in [1.807, 2.05) is 12.1 Å². The van der Waals surface area contributed by atoms with Crippen molar-refractivity contribution in [1.29, 1.82) is 0 Å². The number of nitrogens with zero attached hydrogens (tertiary/aromatic N) is 2. The van der Waals surface area contributed by atoms with E-state index in [4.69, 9.17) is 9.98 Å². The highest BCUT2D eigenvalue weighted by Gasteiger charge is 2.43. The molecule has 2 nitrogen and oxygen atoms in total. The Morgan fingerprint density at radius 2 is 0.958 bits per heavy atom. The van der Waals surface area contributed by atoms with Crippen LogP contribution < -0.4 is 0 Å². The first-order valence-corrected chi connectivity index (χ1v) is 9.06. The van der Waals surface area contributed by atoms with Crippen LogP contribution in [0.1, 0.15) is 36.8 Å². The first-order chi connectivity index (χ1) is 11.9.